The molecule has 0 aliphatic rings. The molecule has 0 saturated carbocycles. The minimum Gasteiger partial charge on any atom is -0.324 e. The highest BCUT2D eigenvalue weighted by molar-refractivity contribution is 5.95. The lowest BCUT2D eigenvalue weighted by molar-refractivity contribution is -0.120. The summed E-state index contributed by atoms with van der Waals surface area (Å²) >= 11 is 0. The molecular formula is C20H19N3O. The number of imidazole rings is 1. The van der Waals surface area contributed by atoms with Crippen LogP contribution in [-0.2, 0) is 4.79 Å². The number of nitrogens with zero attached hydrogens (tertiary/aromatic N) is 2. The zero-order valence-electron chi connectivity index (χ0n) is 13.7. The van der Waals surface area contributed by atoms with Crippen molar-refractivity contribution in [3.8, 4) is 12.3 Å². The molecule has 0 spiro atoms. The van der Waals surface area contributed by atoms with Gasteiger partial charge in [0.25, 0.3) is 0 Å². The molecular weight excluding hydrogens is 298 g/mol. The molecule has 0 saturated heterocycles. The molecule has 0 bridgehead atoms. The molecule has 120 valence electrons. The van der Waals surface area contributed by atoms with E-state index in [-0.39, 0.29) is 17.9 Å². The number of benzene rings is 2. The van der Waals surface area contributed by atoms with Gasteiger partial charge in [-0.05, 0) is 36.2 Å². The highest BCUT2D eigenvalue weighted by atomic mass is 16.2. The summed E-state index contributed by atoms with van der Waals surface area (Å²) in [5, 5.41) is 2.97. The van der Waals surface area contributed by atoms with Crippen LogP contribution in [0.1, 0.15) is 25.5 Å². The molecule has 4 nitrogen and oxygen atoms in total. The minimum absolute atomic E-state index is 0.0812. The molecule has 1 atom stereocenters. The Bertz CT molecular complexity index is 918. The second-order valence-corrected chi connectivity index (χ2v) is 6.04. The third kappa shape index (κ3) is 3.02. The van der Waals surface area contributed by atoms with Crippen LogP contribution >= 0.6 is 0 Å². The van der Waals surface area contributed by atoms with Crippen molar-refractivity contribution < 1.29 is 4.79 Å². The van der Waals surface area contributed by atoms with Crippen LogP contribution in [0.15, 0.2) is 54.9 Å². The van der Waals surface area contributed by atoms with Crippen LogP contribution in [-0.4, -0.2) is 15.5 Å². The lowest BCUT2D eigenvalue weighted by Gasteiger charge is -2.22. The largest absolute Gasteiger partial charge is 0.324 e. The average Bonchev–Trinajstić information content (AvgIpc) is 2.99. The summed E-state index contributed by atoms with van der Waals surface area (Å²) in [4.78, 5) is 17.3. The summed E-state index contributed by atoms with van der Waals surface area (Å²) in [6, 6.07) is 14.7. The van der Waals surface area contributed by atoms with Crippen molar-refractivity contribution in [3.63, 3.8) is 0 Å². The van der Waals surface area contributed by atoms with Gasteiger partial charge in [0.2, 0.25) is 5.91 Å². The zero-order valence-corrected chi connectivity index (χ0v) is 13.7. The number of fused-ring (bicyclic) bond motifs is 1. The van der Waals surface area contributed by atoms with E-state index in [1.807, 2.05) is 60.9 Å². The predicted molar refractivity (Wildman–Crippen MR) is 96.6 cm³/mol. The first kappa shape index (κ1) is 15.8. The maximum atomic E-state index is 12.9. The van der Waals surface area contributed by atoms with Gasteiger partial charge in [0.1, 0.15) is 6.04 Å². The summed E-state index contributed by atoms with van der Waals surface area (Å²) < 4.78 is 1.93. The molecule has 0 aliphatic carbocycles. The van der Waals surface area contributed by atoms with E-state index in [0.29, 0.717) is 5.69 Å². The van der Waals surface area contributed by atoms with Gasteiger partial charge >= 0.3 is 0 Å². The van der Waals surface area contributed by atoms with Crippen LogP contribution in [0.2, 0.25) is 0 Å². The molecule has 0 fully saturated rings. The molecule has 4 heteroatoms. The van der Waals surface area contributed by atoms with Crippen molar-refractivity contribution in [3.05, 3.63) is 60.4 Å². The molecule has 1 amide bonds. The summed E-state index contributed by atoms with van der Waals surface area (Å²) in [5.41, 5.74) is 3.27. The van der Waals surface area contributed by atoms with Gasteiger partial charge in [-0.15, -0.1) is 6.42 Å². The number of amides is 1. The summed E-state index contributed by atoms with van der Waals surface area (Å²) in [6.07, 6.45) is 7.15. The number of hydrogen-bond acceptors (Lipinski definition) is 2. The number of hydrogen-bond donors (Lipinski definition) is 1. The fourth-order valence-corrected chi connectivity index (χ4v) is 2.85. The molecule has 2 aromatic carbocycles. The Hall–Kier alpha value is -3.06. The second-order valence-electron chi connectivity index (χ2n) is 6.04. The van der Waals surface area contributed by atoms with Gasteiger partial charge < -0.3 is 9.88 Å². The Kier molecular flexibility index (Phi) is 4.35. The highest BCUT2D eigenvalue weighted by Crippen LogP contribution is 2.25. The van der Waals surface area contributed by atoms with E-state index in [9.17, 15) is 4.79 Å². The van der Waals surface area contributed by atoms with Crippen molar-refractivity contribution in [2.45, 2.75) is 19.9 Å². The third-order valence-electron chi connectivity index (χ3n) is 3.98. The molecule has 3 aromatic rings. The van der Waals surface area contributed by atoms with Crippen molar-refractivity contribution in [2.75, 3.05) is 5.32 Å². The first-order valence-electron chi connectivity index (χ1n) is 7.89. The van der Waals surface area contributed by atoms with Crippen LogP contribution in [0, 0.1) is 18.3 Å². The summed E-state index contributed by atoms with van der Waals surface area (Å²) in [6.45, 7) is 4.05. The van der Waals surface area contributed by atoms with E-state index in [1.54, 1.807) is 12.4 Å². The molecule has 1 N–H and O–H groups in total. The lowest BCUT2D eigenvalue weighted by Crippen LogP contribution is -2.29. The quantitative estimate of drug-likeness (QED) is 0.743. The minimum atomic E-state index is -0.355. The van der Waals surface area contributed by atoms with Crippen molar-refractivity contribution in [1.29, 1.82) is 0 Å². The molecule has 1 aromatic heterocycles. The predicted octanol–water partition coefficient (Wildman–Crippen LogP) is 3.85. The van der Waals surface area contributed by atoms with Gasteiger partial charge in [-0.1, -0.05) is 38.0 Å². The Labute approximate surface area is 141 Å². The fourth-order valence-electron chi connectivity index (χ4n) is 2.85. The molecule has 3 rings (SSSR count). The van der Waals surface area contributed by atoms with Crippen molar-refractivity contribution in [1.82, 2.24) is 9.55 Å². The fraction of sp³-hybridized carbons (Fsp3) is 0.200. The van der Waals surface area contributed by atoms with E-state index in [4.69, 9.17) is 6.42 Å². The first-order valence-corrected chi connectivity index (χ1v) is 7.89. The number of carbonyl (C=O) groups excluding carboxylic acids is 1. The van der Waals surface area contributed by atoms with Crippen LogP contribution in [0.5, 0.6) is 0 Å². The Morgan fingerprint density at radius 3 is 2.75 bits per heavy atom. The van der Waals surface area contributed by atoms with E-state index >= 15 is 0 Å². The Morgan fingerprint density at radius 2 is 2.00 bits per heavy atom. The van der Waals surface area contributed by atoms with E-state index < -0.39 is 0 Å². The van der Waals surface area contributed by atoms with Gasteiger partial charge in [-0.3, -0.25) is 4.79 Å². The second kappa shape index (κ2) is 6.59. The number of terminal acetylenes is 1. The van der Waals surface area contributed by atoms with Gasteiger partial charge in [-0.2, -0.15) is 0 Å². The van der Waals surface area contributed by atoms with E-state index in [1.165, 1.54) is 0 Å². The average molecular weight is 317 g/mol. The standard InChI is InChI=1S/C20H19N3O/c1-4-15-8-7-9-16(12-15)22-20(24)19(14(2)3)23-13-21-17-10-5-6-11-18(17)23/h1,5-14,19H,2-3H3,(H,22,24). The maximum Gasteiger partial charge on any atom is 0.247 e. The van der Waals surface area contributed by atoms with Crippen molar-refractivity contribution >= 4 is 22.6 Å². The van der Waals surface area contributed by atoms with Crippen LogP contribution in [0.25, 0.3) is 11.0 Å². The van der Waals surface area contributed by atoms with Crippen LogP contribution in [0.3, 0.4) is 0 Å². The van der Waals surface area contributed by atoms with E-state index in [2.05, 4.69) is 16.2 Å². The molecule has 1 unspecified atom stereocenters. The monoisotopic (exact) mass is 317 g/mol. The Balaban J connectivity index is 1.93. The van der Waals surface area contributed by atoms with Gasteiger partial charge in [0.15, 0.2) is 0 Å². The van der Waals surface area contributed by atoms with E-state index in [0.717, 1.165) is 16.6 Å². The van der Waals surface area contributed by atoms with Gasteiger partial charge in [-0.25, -0.2) is 4.98 Å². The SMILES string of the molecule is C#Cc1cccc(NC(=O)C(C(C)C)n2cnc3ccccc32)c1. The number of aromatic nitrogens is 2. The number of rotatable bonds is 4. The smallest absolute Gasteiger partial charge is 0.247 e. The lowest BCUT2D eigenvalue weighted by atomic mass is 10.0. The van der Waals surface area contributed by atoms with Gasteiger partial charge in [0, 0.05) is 11.3 Å². The normalized spacial score (nSPS) is 12.1. The topological polar surface area (TPSA) is 46.9 Å². The van der Waals surface area contributed by atoms with Crippen molar-refractivity contribution in [2.24, 2.45) is 5.92 Å². The molecule has 24 heavy (non-hydrogen) atoms. The maximum absolute atomic E-state index is 12.9. The summed E-state index contributed by atoms with van der Waals surface area (Å²) in [7, 11) is 0. The summed E-state index contributed by atoms with van der Waals surface area (Å²) in [5.74, 6) is 2.61. The number of nitrogens with one attached hydrogen (secondary N) is 1. The van der Waals surface area contributed by atoms with Crippen LogP contribution in [0.4, 0.5) is 5.69 Å². The third-order valence-corrected chi connectivity index (χ3v) is 3.98. The number of anilines is 1. The Morgan fingerprint density at radius 1 is 1.21 bits per heavy atom. The highest BCUT2D eigenvalue weighted by Gasteiger charge is 2.25. The molecule has 0 radical (unpaired) electrons. The van der Waals surface area contributed by atoms with Gasteiger partial charge in [0.05, 0.1) is 17.4 Å². The molecule has 0 aliphatic heterocycles. The number of para-hydroxylation sites is 2. The zero-order chi connectivity index (χ0) is 17.1. The number of carbonyl (C=O) groups is 1. The molecule has 1 heterocycles. The van der Waals surface area contributed by atoms with Crippen LogP contribution < -0.4 is 5.32 Å². The first-order chi connectivity index (χ1) is 11.6.